The fourth-order valence-electron chi connectivity index (χ4n) is 2.94. The number of benzene rings is 1. The van der Waals surface area contributed by atoms with Gasteiger partial charge in [-0.3, -0.25) is 4.68 Å². The fourth-order valence-corrected chi connectivity index (χ4v) is 3.13. The van der Waals surface area contributed by atoms with E-state index < -0.39 is 0 Å². The molecular weight excluding hydrogens is 366 g/mol. The third-order valence-electron chi connectivity index (χ3n) is 4.24. The first kappa shape index (κ1) is 19.5. The summed E-state index contributed by atoms with van der Waals surface area (Å²) in [5.41, 5.74) is 1.08. The van der Waals surface area contributed by atoms with Gasteiger partial charge in [0.25, 0.3) is 0 Å². The van der Waals surface area contributed by atoms with Crippen molar-refractivity contribution in [2.45, 2.75) is 13.0 Å². The highest BCUT2D eigenvalue weighted by Gasteiger charge is 2.25. The van der Waals surface area contributed by atoms with Crippen molar-refractivity contribution in [1.82, 2.24) is 20.0 Å². The van der Waals surface area contributed by atoms with E-state index in [1.54, 1.807) is 4.68 Å². The van der Waals surface area contributed by atoms with Crippen LogP contribution in [-0.2, 0) is 11.8 Å². The average Bonchev–Trinajstić information content (AvgIpc) is 3.12. The van der Waals surface area contributed by atoms with Crippen LogP contribution in [0.15, 0.2) is 41.7 Å². The van der Waals surface area contributed by atoms with Gasteiger partial charge in [0, 0.05) is 31.9 Å². The normalized spacial score (nSPS) is 17.8. The van der Waals surface area contributed by atoms with Gasteiger partial charge < -0.3 is 19.7 Å². The molecular formula is C19H26ClN5O2. The number of aromatic nitrogens is 2. The number of hydrogen-bond donors (Lipinski definition) is 1. The molecule has 1 aliphatic rings. The smallest absolute Gasteiger partial charge is 0.194 e. The molecule has 1 fully saturated rings. The lowest BCUT2D eigenvalue weighted by molar-refractivity contribution is -0.00805. The topological polar surface area (TPSA) is 63.9 Å². The van der Waals surface area contributed by atoms with Crippen LogP contribution in [0.4, 0.5) is 0 Å². The van der Waals surface area contributed by atoms with Crippen LogP contribution in [0.25, 0.3) is 0 Å². The summed E-state index contributed by atoms with van der Waals surface area (Å²) in [6.07, 6.45) is 3.85. The largest absolute Gasteiger partial charge is 0.490 e. The second kappa shape index (κ2) is 9.62. The summed E-state index contributed by atoms with van der Waals surface area (Å²) in [6.45, 7) is 6.07. The predicted molar refractivity (Wildman–Crippen MR) is 106 cm³/mol. The number of guanidine groups is 1. The summed E-state index contributed by atoms with van der Waals surface area (Å²) in [7, 11) is 1.91. The summed E-state index contributed by atoms with van der Waals surface area (Å²) in [5, 5.41) is 8.21. The molecule has 1 N–H and O–H groups in total. The maximum Gasteiger partial charge on any atom is 0.194 e. The number of nitrogens with zero attached hydrogens (tertiary/aromatic N) is 4. The van der Waals surface area contributed by atoms with Gasteiger partial charge in [-0.1, -0.05) is 23.7 Å². The maximum atomic E-state index is 6.11. The van der Waals surface area contributed by atoms with E-state index in [1.807, 2.05) is 43.7 Å². The van der Waals surface area contributed by atoms with Crippen molar-refractivity contribution in [3.8, 4) is 5.75 Å². The highest BCUT2D eigenvalue weighted by molar-refractivity contribution is 6.32. The van der Waals surface area contributed by atoms with Crippen LogP contribution in [-0.4, -0.2) is 60.0 Å². The van der Waals surface area contributed by atoms with Crippen molar-refractivity contribution in [2.24, 2.45) is 12.0 Å². The standard InChI is InChI=1S/C19H26ClN5O2/c1-3-21-19(22-8-10-26-17-7-5-4-6-16(17)20)25-9-11-27-18(14-25)15-12-23-24(2)13-15/h4-7,12-13,18H,3,8-11,14H2,1-2H3,(H,21,22). The zero-order chi connectivity index (χ0) is 19.1. The van der Waals surface area contributed by atoms with E-state index in [1.165, 1.54) is 0 Å². The Bertz CT molecular complexity index is 764. The van der Waals surface area contributed by atoms with Crippen LogP contribution >= 0.6 is 11.6 Å². The molecule has 1 aromatic heterocycles. The average molecular weight is 392 g/mol. The maximum absolute atomic E-state index is 6.11. The Morgan fingerprint density at radius 1 is 1.44 bits per heavy atom. The Morgan fingerprint density at radius 2 is 2.30 bits per heavy atom. The molecule has 146 valence electrons. The van der Waals surface area contributed by atoms with Crippen LogP contribution < -0.4 is 10.1 Å². The highest BCUT2D eigenvalue weighted by atomic mass is 35.5. The zero-order valence-corrected chi connectivity index (χ0v) is 16.5. The van der Waals surface area contributed by atoms with Crippen molar-refractivity contribution in [3.63, 3.8) is 0 Å². The number of aliphatic imine (C=N–C) groups is 1. The molecule has 1 aromatic carbocycles. The van der Waals surface area contributed by atoms with E-state index in [9.17, 15) is 0 Å². The monoisotopic (exact) mass is 391 g/mol. The van der Waals surface area contributed by atoms with Crippen LogP contribution in [0.5, 0.6) is 5.75 Å². The molecule has 2 heterocycles. The van der Waals surface area contributed by atoms with Gasteiger partial charge >= 0.3 is 0 Å². The van der Waals surface area contributed by atoms with Crippen molar-refractivity contribution in [2.75, 3.05) is 39.4 Å². The van der Waals surface area contributed by atoms with Gasteiger partial charge in [-0.25, -0.2) is 4.99 Å². The molecule has 27 heavy (non-hydrogen) atoms. The van der Waals surface area contributed by atoms with Gasteiger partial charge in [0.1, 0.15) is 18.5 Å². The Balaban J connectivity index is 1.58. The van der Waals surface area contributed by atoms with Crippen molar-refractivity contribution in [1.29, 1.82) is 0 Å². The Labute approximate surface area is 164 Å². The SMILES string of the molecule is CCNC(=NCCOc1ccccc1Cl)N1CCOC(c2cnn(C)c2)C1. The summed E-state index contributed by atoms with van der Waals surface area (Å²) >= 11 is 6.11. The van der Waals surface area contributed by atoms with Crippen LogP contribution in [0.2, 0.25) is 5.02 Å². The first-order valence-corrected chi connectivity index (χ1v) is 9.56. The molecule has 0 spiro atoms. The number of ether oxygens (including phenoxy) is 2. The molecule has 3 rings (SSSR count). The van der Waals surface area contributed by atoms with Crippen LogP contribution in [0, 0.1) is 0 Å². The minimum absolute atomic E-state index is 0.00400. The first-order chi connectivity index (χ1) is 13.2. The molecule has 1 saturated heterocycles. The molecule has 0 saturated carbocycles. The molecule has 0 amide bonds. The van der Waals surface area contributed by atoms with Gasteiger partial charge in [0.05, 0.1) is 30.9 Å². The first-order valence-electron chi connectivity index (χ1n) is 9.18. The molecule has 0 bridgehead atoms. The van der Waals surface area contributed by atoms with Crippen molar-refractivity contribution < 1.29 is 9.47 Å². The number of nitrogens with one attached hydrogen (secondary N) is 1. The second-order valence-electron chi connectivity index (χ2n) is 6.27. The van der Waals surface area contributed by atoms with E-state index in [2.05, 4.69) is 22.2 Å². The van der Waals surface area contributed by atoms with Gasteiger partial charge in [-0.2, -0.15) is 5.10 Å². The summed E-state index contributed by atoms with van der Waals surface area (Å²) in [6, 6.07) is 7.46. The van der Waals surface area contributed by atoms with Crippen LogP contribution in [0.1, 0.15) is 18.6 Å². The number of hydrogen-bond acceptors (Lipinski definition) is 4. The number of para-hydroxylation sites is 1. The second-order valence-corrected chi connectivity index (χ2v) is 6.67. The third-order valence-corrected chi connectivity index (χ3v) is 4.56. The van der Waals surface area contributed by atoms with Gasteiger partial charge in [-0.05, 0) is 19.1 Å². The van der Waals surface area contributed by atoms with E-state index in [0.29, 0.717) is 30.5 Å². The van der Waals surface area contributed by atoms with Gasteiger partial charge in [0.15, 0.2) is 5.96 Å². The lowest BCUT2D eigenvalue weighted by Gasteiger charge is -2.34. The highest BCUT2D eigenvalue weighted by Crippen LogP contribution is 2.23. The lowest BCUT2D eigenvalue weighted by Crippen LogP contribution is -2.48. The van der Waals surface area contributed by atoms with Gasteiger partial charge in [-0.15, -0.1) is 0 Å². The molecule has 0 aliphatic carbocycles. The van der Waals surface area contributed by atoms with E-state index in [-0.39, 0.29) is 6.10 Å². The summed E-state index contributed by atoms with van der Waals surface area (Å²) < 4.78 is 13.4. The van der Waals surface area contributed by atoms with Crippen molar-refractivity contribution in [3.05, 3.63) is 47.2 Å². The Morgan fingerprint density at radius 3 is 3.04 bits per heavy atom. The fraction of sp³-hybridized carbons (Fsp3) is 0.474. The minimum Gasteiger partial charge on any atom is -0.490 e. The summed E-state index contributed by atoms with van der Waals surface area (Å²) in [5.74, 6) is 1.56. The Hall–Kier alpha value is -2.25. The Kier molecular flexibility index (Phi) is 6.95. The molecule has 1 unspecified atom stereocenters. The minimum atomic E-state index is -0.00400. The number of rotatable bonds is 6. The predicted octanol–water partition coefficient (Wildman–Crippen LogP) is 2.49. The number of aryl methyl sites for hydroxylation is 1. The lowest BCUT2D eigenvalue weighted by atomic mass is 10.1. The number of halogens is 1. The van der Waals surface area contributed by atoms with E-state index in [4.69, 9.17) is 26.1 Å². The molecule has 8 heteroatoms. The molecule has 2 aromatic rings. The van der Waals surface area contributed by atoms with E-state index in [0.717, 1.165) is 31.2 Å². The molecule has 7 nitrogen and oxygen atoms in total. The summed E-state index contributed by atoms with van der Waals surface area (Å²) in [4.78, 5) is 6.92. The van der Waals surface area contributed by atoms with Gasteiger partial charge in [0.2, 0.25) is 0 Å². The number of morpholine rings is 1. The van der Waals surface area contributed by atoms with Crippen LogP contribution in [0.3, 0.4) is 0 Å². The van der Waals surface area contributed by atoms with E-state index >= 15 is 0 Å². The van der Waals surface area contributed by atoms with Crippen molar-refractivity contribution >= 4 is 17.6 Å². The quantitative estimate of drug-likeness (QED) is 0.465. The third kappa shape index (κ3) is 5.37. The molecule has 1 atom stereocenters. The molecule has 1 aliphatic heterocycles. The zero-order valence-electron chi connectivity index (χ0n) is 15.8. The molecule has 0 radical (unpaired) electrons.